The van der Waals surface area contributed by atoms with Gasteiger partial charge in [0.1, 0.15) is 0 Å². The van der Waals surface area contributed by atoms with E-state index in [9.17, 15) is 9.90 Å². The Morgan fingerprint density at radius 2 is 1.95 bits per heavy atom. The van der Waals surface area contributed by atoms with Crippen molar-refractivity contribution in [2.45, 2.75) is 38.3 Å². The largest absolute Gasteiger partial charge is 0.481 e. The van der Waals surface area contributed by atoms with Crippen molar-refractivity contribution in [2.24, 2.45) is 0 Å². The minimum absolute atomic E-state index is 0.0989. The lowest BCUT2D eigenvalue weighted by atomic mass is 9.98. The molecule has 2 unspecified atom stereocenters. The van der Waals surface area contributed by atoms with Crippen LogP contribution in [0.3, 0.4) is 0 Å². The molecule has 0 spiro atoms. The quantitative estimate of drug-likeness (QED) is 0.544. The van der Waals surface area contributed by atoms with E-state index >= 15 is 0 Å². The maximum absolute atomic E-state index is 10.8. The second-order valence-electron chi connectivity index (χ2n) is 4.82. The standard InChI is InChI=1S/C15H23NO4/c1-2-3-11-4-6-12(7-5-11)15(20)13(10-14(18)19)16-8-9-17/h4-7,13,15-17,20H,2-3,8-10H2,1H3,(H,18,19). The van der Waals surface area contributed by atoms with Crippen LogP contribution >= 0.6 is 0 Å². The summed E-state index contributed by atoms with van der Waals surface area (Å²) < 4.78 is 0. The van der Waals surface area contributed by atoms with Crippen LogP contribution in [0.25, 0.3) is 0 Å². The molecule has 5 heteroatoms. The van der Waals surface area contributed by atoms with Gasteiger partial charge >= 0.3 is 5.97 Å². The smallest absolute Gasteiger partial charge is 0.305 e. The molecule has 5 nitrogen and oxygen atoms in total. The Morgan fingerprint density at radius 1 is 1.30 bits per heavy atom. The molecule has 0 bridgehead atoms. The topological polar surface area (TPSA) is 89.8 Å². The highest BCUT2D eigenvalue weighted by Gasteiger charge is 2.22. The average Bonchev–Trinajstić information content (AvgIpc) is 2.43. The first-order valence-corrected chi connectivity index (χ1v) is 6.91. The van der Waals surface area contributed by atoms with Gasteiger partial charge in [-0.05, 0) is 17.5 Å². The zero-order valence-corrected chi connectivity index (χ0v) is 11.7. The normalized spacial score (nSPS) is 13.9. The molecule has 0 aromatic heterocycles. The molecule has 1 aromatic rings. The van der Waals surface area contributed by atoms with Gasteiger partial charge in [-0.1, -0.05) is 37.6 Å². The van der Waals surface area contributed by atoms with Crippen molar-refractivity contribution in [1.82, 2.24) is 5.32 Å². The Labute approximate surface area is 119 Å². The number of aryl methyl sites for hydroxylation is 1. The van der Waals surface area contributed by atoms with Gasteiger partial charge in [0, 0.05) is 12.6 Å². The van der Waals surface area contributed by atoms with Crippen molar-refractivity contribution in [1.29, 1.82) is 0 Å². The van der Waals surface area contributed by atoms with E-state index in [1.807, 2.05) is 24.3 Å². The average molecular weight is 281 g/mol. The lowest BCUT2D eigenvalue weighted by Gasteiger charge is -2.23. The van der Waals surface area contributed by atoms with Crippen molar-refractivity contribution >= 4 is 5.97 Å². The second kappa shape index (κ2) is 8.68. The van der Waals surface area contributed by atoms with E-state index in [-0.39, 0.29) is 19.6 Å². The predicted molar refractivity (Wildman–Crippen MR) is 76.5 cm³/mol. The van der Waals surface area contributed by atoms with Gasteiger partial charge < -0.3 is 20.6 Å². The van der Waals surface area contributed by atoms with Crippen molar-refractivity contribution < 1.29 is 20.1 Å². The van der Waals surface area contributed by atoms with Gasteiger partial charge in [-0.2, -0.15) is 0 Å². The zero-order valence-electron chi connectivity index (χ0n) is 11.7. The molecule has 2 atom stereocenters. The summed E-state index contributed by atoms with van der Waals surface area (Å²) in [4.78, 5) is 10.8. The SMILES string of the molecule is CCCc1ccc(C(O)C(CC(=O)O)NCCO)cc1. The number of aliphatic carboxylic acids is 1. The summed E-state index contributed by atoms with van der Waals surface area (Å²) in [5.41, 5.74) is 1.88. The first kappa shape index (κ1) is 16.6. The molecule has 0 saturated heterocycles. The van der Waals surface area contributed by atoms with E-state index in [0.29, 0.717) is 5.56 Å². The third kappa shape index (κ3) is 5.28. The molecule has 1 rings (SSSR count). The van der Waals surface area contributed by atoms with Crippen LogP contribution in [0.5, 0.6) is 0 Å². The van der Waals surface area contributed by atoms with E-state index in [2.05, 4.69) is 12.2 Å². The molecule has 0 aliphatic heterocycles. The number of aliphatic hydroxyl groups is 2. The molecule has 0 saturated carbocycles. The van der Waals surface area contributed by atoms with Crippen LogP contribution in [0, 0.1) is 0 Å². The molecule has 20 heavy (non-hydrogen) atoms. The van der Waals surface area contributed by atoms with E-state index in [4.69, 9.17) is 10.2 Å². The van der Waals surface area contributed by atoms with E-state index in [1.54, 1.807) is 0 Å². The molecule has 1 aromatic carbocycles. The summed E-state index contributed by atoms with van der Waals surface area (Å²) in [5.74, 6) is -0.984. The number of hydrogen-bond acceptors (Lipinski definition) is 4. The fourth-order valence-corrected chi connectivity index (χ4v) is 2.14. The lowest BCUT2D eigenvalue weighted by Crippen LogP contribution is -2.38. The molecular weight excluding hydrogens is 258 g/mol. The van der Waals surface area contributed by atoms with Gasteiger partial charge in [0.15, 0.2) is 0 Å². The number of nitrogens with one attached hydrogen (secondary N) is 1. The van der Waals surface area contributed by atoms with Gasteiger partial charge in [0.2, 0.25) is 0 Å². The van der Waals surface area contributed by atoms with Crippen molar-refractivity contribution in [3.05, 3.63) is 35.4 Å². The Kier molecular flexibility index (Phi) is 7.22. The highest BCUT2D eigenvalue weighted by molar-refractivity contribution is 5.67. The molecule has 0 amide bonds. The minimum Gasteiger partial charge on any atom is -0.481 e. The van der Waals surface area contributed by atoms with Crippen molar-refractivity contribution in [3.8, 4) is 0 Å². The predicted octanol–water partition coefficient (Wildman–Crippen LogP) is 1.10. The maximum Gasteiger partial charge on any atom is 0.305 e. The molecule has 112 valence electrons. The fraction of sp³-hybridized carbons (Fsp3) is 0.533. The molecule has 0 heterocycles. The number of carbonyl (C=O) groups is 1. The first-order valence-electron chi connectivity index (χ1n) is 6.91. The summed E-state index contributed by atoms with van der Waals surface area (Å²) in [5, 5.41) is 30.8. The van der Waals surface area contributed by atoms with Gasteiger partial charge in [0.25, 0.3) is 0 Å². The van der Waals surface area contributed by atoms with Gasteiger partial charge in [-0.15, -0.1) is 0 Å². The second-order valence-corrected chi connectivity index (χ2v) is 4.82. The van der Waals surface area contributed by atoms with Crippen LogP contribution in [-0.4, -0.2) is 40.5 Å². The third-order valence-electron chi connectivity index (χ3n) is 3.15. The van der Waals surface area contributed by atoms with Crippen LogP contribution in [0.15, 0.2) is 24.3 Å². The van der Waals surface area contributed by atoms with E-state index < -0.39 is 18.1 Å². The Hall–Kier alpha value is -1.43. The molecule has 0 fully saturated rings. The fourth-order valence-electron chi connectivity index (χ4n) is 2.14. The molecule has 0 aliphatic carbocycles. The van der Waals surface area contributed by atoms with Gasteiger partial charge in [-0.25, -0.2) is 0 Å². The van der Waals surface area contributed by atoms with Crippen molar-refractivity contribution in [2.75, 3.05) is 13.2 Å². The number of hydrogen-bond donors (Lipinski definition) is 4. The van der Waals surface area contributed by atoms with Crippen molar-refractivity contribution in [3.63, 3.8) is 0 Å². The van der Waals surface area contributed by atoms with Crippen LogP contribution in [0.4, 0.5) is 0 Å². The lowest BCUT2D eigenvalue weighted by molar-refractivity contribution is -0.138. The zero-order chi connectivity index (χ0) is 15.0. The van der Waals surface area contributed by atoms with E-state index in [1.165, 1.54) is 5.56 Å². The summed E-state index contributed by atoms with van der Waals surface area (Å²) in [7, 11) is 0. The van der Waals surface area contributed by atoms with Crippen LogP contribution in [0.2, 0.25) is 0 Å². The summed E-state index contributed by atoms with van der Waals surface area (Å²) in [6.45, 7) is 2.26. The number of rotatable bonds is 9. The molecular formula is C15H23NO4. The Bertz CT molecular complexity index is 405. The highest BCUT2D eigenvalue weighted by atomic mass is 16.4. The number of carboxylic acids is 1. The van der Waals surface area contributed by atoms with Crippen LogP contribution in [-0.2, 0) is 11.2 Å². The summed E-state index contributed by atoms with van der Waals surface area (Å²) >= 11 is 0. The van der Waals surface area contributed by atoms with Gasteiger partial charge in [0.05, 0.1) is 19.1 Å². The molecule has 4 N–H and O–H groups in total. The number of aliphatic hydroxyl groups excluding tert-OH is 2. The maximum atomic E-state index is 10.8. The van der Waals surface area contributed by atoms with Crippen LogP contribution in [0.1, 0.15) is 37.0 Å². The monoisotopic (exact) mass is 281 g/mol. The summed E-state index contributed by atoms with van der Waals surface area (Å²) in [6, 6.07) is 6.94. The number of carboxylic acid groups (broad SMARTS) is 1. The molecule has 0 radical (unpaired) electrons. The van der Waals surface area contributed by atoms with E-state index in [0.717, 1.165) is 12.8 Å². The first-order chi connectivity index (χ1) is 9.58. The summed E-state index contributed by atoms with van der Waals surface area (Å²) in [6.07, 6.45) is 0.935. The molecule has 0 aliphatic rings. The number of benzene rings is 1. The van der Waals surface area contributed by atoms with Crippen LogP contribution < -0.4 is 5.32 Å². The van der Waals surface area contributed by atoms with Gasteiger partial charge in [-0.3, -0.25) is 4.79 Å². The third-order valence-corrected chi connectivity index (χ3v) is 3.15. The Balaban J connectivity index is 2.75. The minimum atomic E-state index is -0.984. The highest BCUT2D eigenvalue weighted by Crippen LogP contribution is 2.20. The Morgan fingerprint density at radius 3 is 2.45 bits per heavy atom.